The summed E-state index contributed by atoms with van der Waals surface area (Å²) in [6, 6.07) is 5.65. The van der Waals surface area contributed by atoms with Crippen LogP contribution in [-0.4, -0.2) is 10.9 Å². The van der Waals surface area contributed by atoms with E-state index in [1.165, 1.54) is 19.1 Å². The Morgan fingerprint density at radius 1 is 1.19 bits per heavy atom. The first kappa shape index (κ1) is 15.0. The number of hydrogen-bond donors (Lipinski definition) is 1. The molecule has 0 aliphatic rings. The third kappa shape index (κ3) is 3.56. The molecule has 0 bridgehead atoms. The molecular weight excluding hydrogens is 288 g/mol. The summed E-state index contributed by atoms with van der Waals surface area (Å²) in [7, 11) is 0. The van der Waals surface area contributed by atoms with Crippen molar-refractivity contribution < 1.29 is 22.4 Å². The van der Waals surface area contributed by atoms with E-state index >= 15 is 0 Å². The Bertz CT molecular complexity index is 666. The lowest BCUT2D eigenvalue weighted by molar-refractivity contribution is -0.141. The monoisotopic (exact) mass is 298 g/mol. The molecule has 7 heteroatoms. The molecule has 21 heavy (non-hydrogen) atoms. The Kier molecular flexibility index (Phi) is 3.93. The Morgan fingerprint density at radius 3 is 2.43 bits per heavy atom. The van der Waals surface area contributed by atoms with Crippen LogP contribution in [0.2, 0.25) is 0 Å². The molecule has 0 saturated heterocycles. The zero-order valence-corrected chi connectivity index (χ0v) is 10.8. The van der Waals surface area contributed by atoms with Crippen molar-refractivity contribution in [1.29, 1.82) is 0 Å². The Morgan fingerprint density at radius 2 is 1.90 bits per heavy atom. The van der Waals surface area contributed by atoms with E-state index in [2.05, 4.69) is 10.3 Å². The van der Waals surface area contributed by atoms with Gasteiger partial charge in [-0.2, -0.15) is 13.2 Å². The molecule has 0 aliphatic heterocycles. The van der Waals surface area contributed by atoms with Crippen LogP contribution in [-0.2, 0) is 6.18 Å². The maximum absolute atomic E-state index is 13.1. The van der Waals surface area contributed by atoms with Crippen molar-refractivity contribution in [2.45, 2.75) is 13.1 Å². The van der Waals surface area contributed by atoms with E-state index in [1.807, 2.05) is 0 Å². The number of rotatable bonds is 2. The molecule has 0 unspecified atom stereocenters. The molecule has 1 aromatic carbocycles. The maximum Gasteiger partial charge on any atom is 0.433 e. The number of hydrogen-bond acceptors (Lipinski definition) is 2. The number of pyridine rings is 1. The van der Waals surface area contributed by atoms with Crippen molar-refractivity contribution >= 4 is 11.6 Å². The molecule has 2 aromatic rings. The normalized spacial score (nSPS) is 11.3. The zero-order chi connectivity index (χ0) is 15.6. The first-order valence-corrected chi connectivity index (χ1v) is 5.88. The van der Waals surface area contributed by atoms with Gasteiger partial charge in [-0.1, -0.05) is 0 Å². The topological polar surface area (TPSA) is 42.0 Å². The molecule has 1 amide bonds. The molecule has 0 atom stereocenters. The summed E-state index contributed by atoms with van der Waals surface area (Å²) in [5.74, 6) is -0.998. The third-order valence-electron chi connectivity index (χ3n) is 2.73. The van der Waals surface area contributed by atoms with Crippen LogP contribution in [0.25, 0.3) is 0 Å². The van der Waals surface area contributed by atoms with E-state index in [1.54, 1.807) is 0 Å². The highest BCUT2D eigenvalue weighted by Crippen LogP contribution is 2.27. The van der Waals surface area contributed by atoms with Gasteiger partial charge in [-0.3, -0.25) is 4.79 Å². The number of aromatic nitrogens is 1. The van der Waals surface area contributed by atoms with Crippen molar-refractivity contribution in [2.24, 2.45) is 0 Å². The lowest BCUT2D eigenvalue weighted by atomic mass is 10.1. The standard InChI is InChI=1S/C14H10F4N2O/c1-8-6-9(2-4-11(8)15)13(21)20-10-3-5-12(19-7-10)14(16,17)18/h2-7H,1H3,(H,20,21). The molecule has 3 nitrogen and oxygen atoms in total. The van der Waals surface area contributed by atoms with Gasteiger partial charge in [0.15, 0.2) is 0 Å². The number of amides is 1. The zero-order valence-electron chi connectivity index (χ0n) is 10.8. The summed E-state index contributed by atoms with van der Waals surface area (Å²) in [6.45, 7) is 1.51. The van der Waals surface area contributed by atoms with Crippen LogP contribution in [0, 0.1) is 12.7 Å². The van der Waals surface area contributed by atoms with Crippen LogP contribution in [0.5, 0.6) is 0 Å². The van der Waals surface area contributed by atoms with Gasteiger partial charge < -0.3 is 5.32 Å². The lowest BCUT2D eigenvalue weighted by Crippen LogP contribution is -2.13. The number of alkyl halides is 3. The SMILES string of the molecule is Cc1cc(C(=O)Nc2ccc(C(F)(F)F)nc2)ccc1F. The first-order valence-electron chi connectivity index (χ1n) is 5.88. The van der Waals surface area contributed by atoms with Crippen LogP contribution < -0.4 is 5.32 Å². The number of benzene rings is 1. The van der Waals surface area contributed by atoms with Crippen molar-refractivity contribution in [3.05, 3.63) is 59.2 Å². The van der Waals surface area contributed by atoms with Gasteiger partial charge >= 0.3 is 6.18 Å². The van der Waals surface area contributed by atoms with Crippen LogP contribution in [0.3, 0.4) is 0 Å². The largest absolute Gasteiger partial charge is 0.433 e. The maximum atomic E-state index is 13.1. The van der Waals surface area contributed by atoms with Crippen molar-refractivity contribution in [2.75, 3.05) is 5.32 Å². The molecular formula is C14H10F4N2O. The highest BCUT2D eigenvalue weighted by Gasteiger charge is 2.32. The summed E-state index contributed by atoms with van der Waals surface area (Å²) >= 11 is 0. The van der Waals surface area contributed by atoms with E-state index in [9.17, 15) is 22.4 Å². The summed E-state index contributed by atoms with van der Waals surface area (Å²) in [6.07, 6.45) is -3.62. The number of halogens is 4. The Balaban J connectivity index is 2.14. The van der Waals surface area contributed by atoms with Gasteiger partial charge in [0.1, 0.15) is 11.5 Å². The second-order valence-corrected chi connectivity index (χ2v) is 4.35. The minimum Gasteiger partial charge on any atom is -0.321 e. The highest BCUT2D eigenvalue weighted by atomic mass is 19.4. The molecule has 0 radical (unpaired) electrons. The van der Waals surface area contributed by atoms with Gasteiger partial charge in [0.05, 0.1) is 11.9 Å². The molecule has 0 fully saturated rings. The summed E-state index contributed by atoms with van der Waals surface area (Å²) in [5, 5.41) is 2.39. The molecule has 1 N–H and O–H groups in total. The Hall–Kier alpha value is -2.44. The predicted octanol–water partition coefficient (Wildman–Crippen LogP) is 3.80. The quantitative estimate of drug-likeness (QED) is 0.857. The first-order chi connectivity index (χ1) is 9.77. The van der Waals surface area contributed by atoms with E-state index in [4.69, 9.17) is 0 Å². The van der Waals surface area contributed by atoms with Gasteiger partial charge in [0.25, 0.3) is 5.91 Å². The fraction of sp³-hybridized carbons (Fsp3) is 0.143. The number of carbonyl (C=O) groups excluding carboxylic acids is 1. The average molecular weight is 298 g/mol. The molecule has 0 aliphatic carbocycles. The second kappa shape index (κ2) is 5.51. The summed E-state index contributed by atoms with van der Waals surface area (Å²) in [5.41, 5.74) is -0.421. The van der Waals surface area contributed by atoms with Crippen molar-refractivity contribution in [3.63, 3.8) is 0 Å². The van der Waals surface area contributed by atoms with Crippen molar-refractivity contribution in [1.82, 2.24) is 4.98 Å². The van der Waals surface area contributed by atoms with Crippen LogP contribution in [0.4, 0.5) is 23.2 Å². The van der Waals surface area contributed by atoms with Gasteiger partial charge in [0, 0.05) is 5.56 Å². The number of aryl methyl sites for hydroxylation is 1. The Labute approximate surface area is 117 Å². The number of nitrogens with zero attached hydrogens (tertiary/aromatic N) is 1. The van der Waals surface area contributed by atoms with E-state index in [0.717, 1.165) is 24.4 Å². The van der Waals surface area contributed by atoms with E-state index in [0.29, 0.717) is 5.56 Å². The number of carbonyl (C=O) groups is 1. The van der Waals surface area contributed by atoms with Gasteiger partial charge in [0.2, 0.25) is 0 Å². The fourth-order valence-corrected chi connectivity index (χ4v) is 1.62. The smallest absolute Gasteiger partial charge is 0.321 e. The van der Waals surface area contributed by atoms with Crippen LogP contribution in [0.1, 0.15) is 21.6 Å². The van der Waals surface area contributed by atoms with Crippen molar-refractivity contribution in [3.8, 4) is 0 Å². The van der Waals surface area contributed by atoms with Crippen LogP contribution in [0.15, 0.2) is 36.5 Å². The second-order valence-electron chi connectivity index (χ2n) is 4.35. The third-order valence-corrected chi connectivity index (χ3v) is 2.73. The number of nitrogens with one attached hydrogen (secondary N) is 1. The molecule has 1 heterocycles. The minimum absolute atomic E-state index is 0.120. The lowest BCUT2D eigenvalue weighted by Gasteiger charge is -2.08. The number of anilines is 1. The summed E-state index contributed by atoms with van der Waals surface area (Å²) in [4.78, 5) is 15.1. The molecule has 0 saturated carbocycles. The van der Waals surface area contributed by atoms with Gasteiger partial charge in [-0.05, 0) is 42.8 Å². The molecule has 110 valence electrons. The summed E-state index contributed by atoms with van der Waals surface area (Å²) < 4.78 is 50.1. The molecule has 1 aromatic heterocycles. The van der Waals surface area contributed by atoms with Crippen LogP contribution >= 0.6 is 0 Å². The average Bonchev–Trinajstić information content (AvgIpc) is 2.41. The van der Waals surface area contributed by atoms with E-state index in [-0.39, 0.29) is 11.3 Å². The van der Waals surface area contributed by atoms with Gasteiger partial charge in [-0.15, -0.1) is 0 Å². The van der Waals surface area contributed by atoms with Gasteiger partial charge in [-0.25, -0.2) is 9.37 Å². The molecule has 2 rings (SSSR count). The predicted molar refractivity (Wildman–Crippen MR) is 68.3 cm³/mol. The van der Waals surface area contributed by atoms with E-state index < -0.39 is 23.6 Å². The highest BCUT2D eigenvalue weighted by molar-refractivity contribution is 6.04. The minimum atomic E-state index is -4.53. The fourth-order valence-electron chi connectivity index (χ4n) is 1.62. The molecule has 0 spiro atoms.